The number of ether oxygens (including phenoxy) is 1. The van der Waals surface area contributed by atoms with Gasteiger partial charge in [0.05, 0.1) is 23.1 Å². The van der Waals surface area contributed by atoms with Gasteiger partial charge in [0.15, 0.2) is 6.61 Å². The molecule has 0 aliphatic heterocycles. The van der Waals surface area contributed by atoms with E-state index in [1.807, 2.05) is 6.07 Å². The fourth-order valence-corrected chi connectivity index (χ4v) is 2.01. The Kier molecular flexibility index (Phi) is 6.13. The number of halogens is 2. The van der Waals surface area contributed by atoms with Crippen molar-refractivity contribution in [2.75, 3.05) is 11.9 Å². The molecule has 2 aromatic rings. The van der Waals surface area contributed by atoms with E-state index in [9.17, 15) is 9.59 Å². The van der Waals surface area contributed by atoms with Gasteiger partial charge in [-0.3, -0.25) is 4.79 Å². The third-order valence-electron chi connectivity index (χ3n) is 2.89. The van der Waals surface area contributed by atoms with Crippen molar-refractivity contribution in [3.63, 3.8) is 0 Å². The molecular weight excluding hydrogens is 353 g/mol. The van der Waals surface area contributed by atoms with Gasteiger partial charge in [0.25, 0.3) is 5.91 Å². The molecule has 0 saturated heterocycles. The average molecular weight is 364 g/mol. The molecule has 0 bridgehead atoms. The second-order valence-corrected chi connectivity index (χ2v) is 5.42. The zero-order chi connectivity index (χ0) is 17.5. The van der Waals surface area contributed by atoms with E-state index in [0.717, 1.165) is 5.56 Å². The minimum atomic E-state index is -0.736. The maximum absolute atomic E-state index is 11.8. The summed E-state index contributed by atoms with van der Waals surface area (Å²) in [4.78, 5) is 27.3. The zero-order valence-corrected chi connectivity index (χ0v) is 13.8. The predicted octanol–water partition coefficient (Wildman–Crippen LogP) is 3.25. The van der Waals surface area contributed by atoms with Crippen molar-refractivity contribution in [3.8, 4) is 6.07 Å². The first-order valence-corrected chi connectivity index (χ1v) is 7.49. The van der Waals surface area contributed by atoms with Gasteiger partial charge in [0, 0.05) is 11.9 Å². The van der Waals surface area contributed by atoms with Crippen LogP contribution in [0, 0.1) is 11.3 Å². The molecule has 2 rings (SSSR count). The van der Waals surface area contributed by atoms with Gasteiger partial charge in [-0.15, -0.1) is 0 Å². The van der Waals surface area contributed by atoms with Gasteiger partial charge in [-0.1, -0.05) is 35.3 Å². The smallest absolute Gasteiger partial charge is 0.340 e. The number of nitrogens with zero attached hydrogens (tertiary/aromatic N) is 2. The monoisotopic (exact) mass is 363 g/mol. The summed E-state index contributed by atoms with van der Waals surface area (Å²) in [5.41, 5.74) is 1.47. The van der Waals surface area contributed by atoms with Crippen LogP contribution in [0.5, 0.6) is 0 Å². The lowest BCUT2D eigenvalue weighted by Gasteiger charge is -2.07. The summed E-state index contributed by atoms with van der Waals surface area (Å²) in [5, 5.41) is 11.4. The lowest BCUT2D eigenvalue weighted by atomic mass is 10.1. The van der Waals surface area contributed by atoms with Crippen molar-refractivity contribution in [1.82, 2.24) is 4.98 Å². The Labute approximate surface area is 148 Å². The van der Waals surface area contributed by atoms with Crippen LogP contribution in [-0.4, -0.2) is 23.5 Å². The van der Waals surface area contributed by atoms with E-state index in [1.165, 1.54) is 12.3 Å². The number of hydrogen-bond donors (Lipinski definition) is 1. The largest absolute Gasteiger partial charge is 0.452 e. The van der Waals surface area contributed by atoms with Crippen LogP contribution in [0.2, 0.25) is 10.2 Å². The Morgan fingerprint density at radius 3 is 2.58 bits per heavy atom. The SMILES string of the molecule is N#CCc1ccc(NC(=O)COC(=O)c2cnc(Cl)c(Cl)c2)cc1. The lowest BCUT2D eigenvalue weighted by molar-refractivity contribution is -0.119. The first-order valence-electron chi connectivity index (χ1n) is 6.73. The minimum absolute atomic E-state index is 0.0748. The second-order valence-electron chi connectivity index (χ2n) is 4.65. The number of carbonyl (C=O) groups excluding carboxylic acids is 2. The fourth-order valence-electron chi connectivity index (χ4n) is 1.74. The molecule has 0 saturated carbocycles. The van der Waals surface area contributed by atoms with Gasteiger partial charge in [-0.05, 0) is 23.8 Å². The number of pyridine rings is 1. The number of hydrogen-bond acceptors (Lipinski definition) is 5. The number of carbonyl (C=O) groups is 2. The van der Waals surface area contributed by atoms with Crippen LogP contribution in [0.3, 0.4) is 0 Å². The highest BCUT2D eigenvalue weighted by molar-refractivity contribution is 6.41. The number of nitrogens with one attached hydrogen (secondary N) is 1. The Bertz CT molecular complexity index is 801. The van der Waals surface area contributed by atoms with Crippen molar-refractivity contribution >= 4 is 40.8 Å². The molecule has 0 unspecified atom stereocenters. The Balaban J connectivity index is 1.87. The van der Waals surface area contributed by atoms with Crippen LogP contribution in [0.15, 0.2) is 36.5 Å². The summed E-state index contributed by atoms with van der Waals surface area (Å²) < 4.78 is 4.88. The molecule has 0 radical (unpaired) electrons. The van der Waals surface area contributed by atoms with Gasteiger partial charge in [0.2, 0.25) is 0 Å². The molecule has 0 aliphatic carbocycles. The highest BCUT2D eigenvalue weighted by atomic mass is 35.5. The molecule has 0 fully saturated rings. The minimum Gasteiger partial charge on any atom is -0.452 e. The molecule has 8 heteroatoms. The predicted molar refractivity (Wildman–Crippen MR) is 88.9 cm³/mol. The van der Waals surface area contributed by atoms with Gasteiger partial charge in [-0.25, -0.2) is 9.78 Å². The molecule has 1 heterocycles. The van der Waals surface area contributed by atoms with Crippen LogP contribution in [-0.2, 0) is 16.0 Å². The number of nitriles is 1. The van der Waals surface area contributed by atoms with Crippen molar-refractivity contribution in [1.29, 1.82) is 5.26 Å². The first kappa shape index (κ1) is 17.7. The molecule has 0 spiro atoms. The number of amides is 1. The van der Waals surface area contributed by atoms with E-state index in [1.54, 1.807) is 24.3 Å². The number of rotatable bonds is 5. The Morgan fingerprint density at radius 2 is 1.96 bits per heavy atom. The summed E-state index contributed by atoms with van der Waals surface area (Å²) in [6.45, 7) is -0.459. The molecule has 1 aromatic heterocycles. The maximum Gasteiger partial charge on any atom is 0.340 e. The molecule has 1 N–H and O–H groups in total. The van der Waals surface area contributed by atoms with Crippen molar-refractivity contribution < 1.29 is 14.3 Å². The van der Waals surface area contributed by atoms with Crippen LogP contribution in [0.1, 0.15) is 15.9 Å². The molecule has 1 amide bonds. The van der Waals surface area contributed by atoms with Crippen molar-refractivity contribution in [3.05, 3.63) is 57.8 Å². The quantitative estimate of drug-likeness (QED) is 0.650. The van der Waals surface area contributed by atoms with Crippen LogP contribution >= 0.6 is 23.2 Å². The number of esters is 1. The van der Waals surface area contributed by atoms with Crippen LogP contribution < -0.4 is 5.32 Å². The van der Waals surface area contributed by atoms with Crippen molar-refractivity contribution in [2.24, 2.45) is 0 Å². The summed E-state index contributed by atoms with van der Waals surface area (Å²) in [5.74, 6) is -1.23. The third kappa shape index (κ3) is 4.95. The molecule has 24 heavy (non-hydrogen) atoms. The average Bonchev–Trinajstić information content (AvgIpc) is 2.57. The second kappa shape index (κ2) is 8.29. The Hall–Kier alpha value is -2.62. The van der Waals surface area contributed by atoms with E-state index >= 15 is 0 Å². The molecular formula is C16H11Cl2N3O3. The Morgan fingerprint density at radius 1 is 1.25 bits per heavy atom. The molecule has 0 aliphatic rings. The molecule has 0 atom stereocenters. The topological polar surface area (TPSA) is 92.1 Å². The number of benzene rings is 1. The van der Waals surface area contributed by atoms with E-state index < -0.39 is 18.5 Å². The molecule has 1 aromatic carbocycles. The first-order chi connectivity index (χ1) is 11.5. The maximum atomic E-state index is 11.8. The fraction of sp³-hybridized carbons (Fsp3) is 0.125. The van der Waals surface area contributed by atoms with Gasteiger partial charge in [0.1, 0.15) is 5.15 Å². The van der Waals surface area contributed by atoms with Gasteiger partial charge >= 0.3 is 5.97 Å². The lowest BCUT2D eigenvalue weighted by Crippen LogP contribution is -2.21. The zero-order valence-electron chi connectivity index (χ0n) is 12.3. The van der Waals surface area contributed by atoms with E-state index in [-0.39, 0.29) is 15.7 Å². The highest BCUT2D eigenvalue weighted by Crippen LogP contribution is 2.20. The number of aromatic nitrogens is 1. The number of anilines is 1. The van der Waals surface area contributed by atoms with E-state index in [4.69, 9.17) is 33.2 Å². The summed E-state index contributed by atoms with van der Waals surface area (Å²) in [6, 6.07) is 10.1. The molecule has 6 nitrogen and oxygen atoms in total. The summed E-state index contributed by atoms with van der Waals surface area (Å²) in [7, 11) is 0. The summed E-state index contributed by atoms with van der Waals surface area (Å²) >= 11 is 11.4. The van der Waals surface area contributed by atoms with E-state index in [2.05, 4.69) is 10.3 Å². The van der Waals surface area contributed by atoms with Crippen molar-refractivity contribution in [2.45, 2.75) is 6.42 Å². The van der Waals surface area contributed by atoms with Crippen LogP contribution in [0.25, 0.3) is 0 Å². The standard InChI is InChI=1S/C16H11Cl2N3O3/c17-13-7-11(8-20-15(13)18)16(23)24-9-14(22)21-12-3-1-10(2-4-12)5-6-19/h1-4,7-8H,5,9H2,(H,21,22). The van der Waals surface area contributed by atoms with E-state index in [0.29, 0.717) is 12.1 Å². The highest BCUT2D eigenvalue weighted by Gasteiger charge is 2.12. The van der Waals surface area contributed by atoms with Gasteiger partial charge < -0.3 is 10.1 Å². The molecule has 122 valence electrons. The van der Waals surface area contributed by atoms with Gasteiger partial charge in [-0.2, -0.15) is 5.26 Å². The normalized spacial score (nSPS) is 9.88. The third-order valence-corrected chi connectivity index (χ3v) is 3.57. The summed E-state index contributed by atoms with van der Waals surface area (Å²) in [6.07, 6.45) is 1.51. The van der Waals surface area contributed by atoms with Crippen LogP contribution in [0.4, 0.5) is 5.69 Å².